The van der Waals surface area contributed by atoms with Crippen molar-refractivity contribution in [2.45, 2.75) is 12.3 Å². The summed E-state index contributed by atoms with van der Waals surface area (Å²) in [6.45, 7) is 5.56. The van der Waals surface area contributed by atoms with Crippen molar-refractivity contribution in [3.8, 4) is 0 Å². The highest BCUT2D eigenvalue weighted by Crippen LogP contribution is 2.50. The van der Waals surface area contributed by atoms with Crippen LogP contribution in [-0.4, -0.2) is 50.1 Å². The van der Waals surface area contributed by atoms with E-state index in [9.17, 15) is 9.18 Å². The summed E-state index contributed by atoms with van der Waals surface area (Å²) in [5.41, 5.74) is 0.492. The molecule has 6 heteroatoms. The molecule has 2 fully saturated rings. The molecule has 1 aliphatic carbocycles. The first-order valence-electron chi connectivity index (χ1n) is 7.81. The maximum absolute atomic E-state index is 13.8. The van der Waals surface area contributed by atoms with E-state index < -0.39 is 0 Å². The molecule has 2 N–H and O–H groups in total. The minimum Gasteiger partial charge on any atom is -0.355 e. The van der Waals surface area contributed by atoms with Gasteiger partial charge in [0.25, 0.3) is 0 Å². The molecule has 1 aromatic carbocycles. The first-order chi connectivity index (χ1) is 10.7. The Bertz CT molecular complexity index is 528. The fourth-order valence-electron chi connectivity index (χ4n) is 3.07. The van der Waals surface area contributed by atoms with Crippen LogP contribution >= 0.6 is 11.6 Å². The van der Waals surface area contributed by atoms with Crippen LogP contribution in [0.3, 0.4) is 0 Å². The van der Waals surface area contributed by atoms with E-state index in [0.29, 0.717) is 23.6 Å². The van der Waals surface area contributed by atoms with Crippen molar-refractivity contribution in [2.24, 2.45) is 5.92 Å². The number of nitrogens with one attached hydrogen (secondary N) is 2. The number of carbonyl (C=O) groups excluding carboxylic acids is 1. The van der Waals surface area contributed by atoms with Gasteiger partial charge in [0.2, 0.25) is 5.91 Å². The molecule has 3 rings (SSSR count). The molecule has 2 aliphatic rings. The van der Waals surface area contributed by atoms with Crippen LogP contribution in [0.2, 0.25) is 5.02 Å². The van der Waals surface area contributed by atoms with Crippen molar-refractivity contribution < 1.29 is 9.18 Å². The van der Waals surface area contributed by atoms with Crippen molar-refractivity contribution in [3.63, 3.8) is 0 Å². The summed E-state index contributed by atoms with van der Waals surface area (Å²) >= 11 is 6.06. The molecule has 22 heavy (non-hydrogen) atoms. The van der Waals surface area contributed by atoms with Crippen LogP contribution in [0.5, 0.6) is 0 Å². The number of nitrogens with zero attached hydrogens (tertiary/aromatic N) is 1. The molecule has 0 spiro atoms. The minimum atomic E-state index is -0.311. The van der Waals surface area contributed by atoms with Gasteiger partial charge in [0.1, 0.15) is 5.82 Å². The Balaban J connectivity index is 1.46. The molecule has 1 aliphatic heterocycles. The summed E-state index contributed by atoms with van der Waals surface area (Å²) in [7, 11) is 0. The third kappa shape index (κ3) is 3.59. The normalized spacial score (nSPS) is 25.0. The molecule has 0 aromatic heterocycles. The zero-order chi connectivity index (χ0) is 15.5. The highest BCUT2D eigenvalue weighted by Gasteiger charge is 2.46. The number of benzene rings is 1. The Morgan fingerprint density at radius 2 is 2.18 bits per heavy atom. The van der Waals surface area contributed by atoms with Gasteiger partial charge in [-0.05, 0) is 18.6 Å². The molecule has 0 radical (unpaired) electrons. The van der Waals surface area contributed by atoms with Crippen molar-refractivity contribution in [2.75, 3.05) is 39.3 Å². The number of amides is 1. The van der Waals surface area contributed by atoms with E-state index in [2.05, 4.69) is 15.5 Å². The van der Waals surface area contributed by atoms with Gasteiger partial charge in [-0.15, -0.1) is 0 Å². The van der Waals surface area contributed by atoms with Crippen molar-refractivity contribution in [1.29, 1.82) is 0 Å². The molecule has 1 aromatic rings. The summed E-state index contributed by atoms with van der Waals surface area (Å²) in [4.78, 5) is 14.5. The molecule has 0 bridgehead atoms. The van der Waals surface area contributed by atoms with Crippen LogP contribution < -0.4 is 10.6 Å². The molecule has 120 valence electrons. The topological polar surface area (TPSA) is 44.4 Å². The number of carbonyl (C=O) groups is 1. The largest absolute Gasteiger partial charge is 0.355 e. The summed E-state index contributed by atoms with van der Waals surface area (Å²) in [6, 6.07) is 4.67. The monoisotopic (exact) mass is 325 g/mol. The lowest BCUT2D eigenvalue weighted by molar-refractivity contribution is -0.122. The van der Waals surface area contributed by atoms with Gasteiger partial charge in [-0.3, -0.25) is 9.69 Å². The number of halogens is 2. The van der Waals surface area contributed by atoms with E-state index >= 15 is 0 Å². The molecular weight excluding hydrogens is 305 g/mol. The van der Waals surface area contributed by atoms with E-state index in [1.54, 1.807) is 12.1 Å². The molecule has 4 nitrogen and oxygen atoms in total. The van der Waals surface area contributed by atoms with Crippen LogP contribution in [0.15, 0.2) is 18.2 Å². The van der Waals surface area contributed by atoms with Gasteiger partial charge >= 0.3 is 0 Å². The standard InChI is InChI=1S/C16H21ClFN3O/c17-13-2-1-3-14(18)15(13)11-10-12(11)16(22)20-6-9-21-7-4-19-5-8-21/h1-3,11-12,19H,4-10H2,(H,20,22)/t11-,12-/m0/s1. The van der Waals surface area contributed by atoms with Crippen LogP contribution in [0.4, 0.5) is 4.39 Å². The maximum atomic E-state index is 13.8. The fraction of sp³-hybridized carbons (Fsp3) is 0.562. The fourth-order valence-corrected chi connectivity index (χ4v) is 3.37. The zero-order valence-electron chi connectivity index (χ0n) is 12.4. The van der Waals surface area contributed by atoms with Gasteiger partial charge in [-0.2, -0.15) is 0 Å². The lowest BCUT2D eigenvalue weighted by Gasteiger charge is -2.27. The number of piperazine rings is 1. The molecule has 1 amide bonds. The van der Waals surface area contributed by atoms with Gasteiger partial charge in [-0.1, -0.05) is 17.7 Å². The Morgan fingerprint density at radius 3 is 2.91 bits per heavy atom. The Kier molecular flexibility index (Phi) is 4.96. The summed E-state index contributed by atoms with van der Waals surface area (Å²) < 4.78 is 13.8. The second-order valence-corrected chi connectivity index (χ2v) is 6.37. The maximum Gasteiger partial charge on any atom is 0.223 e. The zero-order valence-corrected chi connectivity index (χ0v) is 13.2. The molecule has 1 saturated heterocycles. The van der Waals surface area contributed by atoms with Crippen LogP contribution in [0, 0.1) is 11.7 Å². The average Bonchev–Trinajstić information content (AvgIpc) is 3.28. The summed E-state index contributed by atoms with van der Waals surface area (Å²) in [6.07, 6.45) is 0.681. The molecule has 0 unspecified atom stereocenters. The Hall–Kier alpha value is -1.17. The summed E-state index contributed by atoms with van der Waals surface area (Å²) in [5, 5.41) is 6.68. The van der Waals surface area contributed by atoms with Crippen molar-refractivity contribution in [3.05, 3.63) is 34.6 Å². The minimum absolute atomic E-state index is 0.0134. The smallest absolute Gasteiger partial charge is 0.223 e. The van der Waals surface area contributed by atoms with Crippen LogP contribution in [0.1, 0.15) is 17.9 Å². The highest BCUT2D eigenvalue weighted by molar-refractivity contribution is 6.31. The second kappa shape index (κ2) is 6.94. The van der Waals surface area contributed by atoms with E-state index in [4.69, 9.17) is 11.6 Å². The quantitative estimate of drug-likeness (QED) is 0.864. The average molecular weight is 326 g/mol. The predicted octanol–water partition coefficient (Wildman–Crippen LogP) is 1.60. The van der Waals surface area contributed by atoms with E-state index in [-0.39, 0.29) is 23.6 Å². The molecule has 1 heterocycles. The number of rotatable bonds is 5. The Labute approximate surface area is 135 Å². The first-order valence-corrected chi connectivity index (χ1v) is 8.19. The van der Waals surface area contributed by atoms with Gasteiger partial charge in [-0.25, -0.2) is 4.39 Å². The van der Waals surface area contributed by atoms with Crippen LogP contribution in [-0.2, 0) is 4.79 Å². The van der Waals surface area contributed by atoms with Crippen LogP contribution in [0.25, 0.3) is 0 Å². The number of hydrogen-bond acceptors (Lipinski definition) is 3. The van der Waals surface area contributed by atoms with Gasteiger partial charge in [0, 0.05) is 61.7 Å². The highest BCUT2D eigenvalue weighted by atomic mass is 35.5. The second-order valence-electron chi connectivity index (χ2n) is 5.97. The SMILES string of the molecule is O=C(NCCN1CCNCC1)[C@H]1C[C@@H]1c1c(F)cccc1Cl. The van der Waals surface area contributed by atoms with Crippen molar-refractivity contribution in [1.82, 2.24) is 15.5 Å². The Morgan fingerprint density at radius 1 is 1.41 bits per heavy atom. The van der Waals surface area contributed by atoms with Crippen molar-refractivity contribution >= 4 is 17.5 Å². The van der Waals surface area contributed by atoms with Gasteiger partial charge in [0.05, 0.1) is 0 Å². The first kappa shape index (κ1) is 15.7. The lowest BCUT2D eigenvalue weighted by Crippen LogP contribution is -2.46. The lowest BCUT2D eigenvalue weighted by atomic mass is 10.1. The molecule has 2 atom stereocenters. The molecule has 1 saturated carbocycles. The third-order valence-corrected chi connectivity index (χ3v) is 4.76. The predicted molar refractivity (Wildman–Crippen MR) is 84.6 cm³/mol. The van der Waals surface area contributed by atoms with E-state index in [1.165, 1.54) is 6.07 Å². The molecular formula is C16H21ClFN3O. The van der Waals surface area contributed by atoms with Gasteiger partial charge in [0.15, 0.2) is 0 Å². The van der Waals surface area contributed by atoms with Gasteiger partial charge < -0.3 is 10.6 Å². The third-order valence-electron chi connectivity index (χ3n) is 4.43. The van der Waals surface area contributed by atoms with E-state index in [1.807, 2.05) is 0 Å². The summed E-state index contributed by atoms with van der Waals surface area (Å²) in [5.74, 6) is -0.515. The van der Waals surface area contributed by atoms with E-state index in [0.717, 1.165) is 32.7 Å². The number of hydrogen-bond donors (Lipinski definition) is 2.